The van der Waals surface area contributed by atoms with E-state index in [0.717, 1.165) is 19.3 Å². The largest absolute Gasteiger partial charge is 0.337 e. The number of amides is 2. The van der Waals surface area contributed by atoms with Crippen LogP contribution in [0.4, 0.5) is 5.69 Å². The van der Waals surface area contributed by atoms with Crippen LogP contribution in [0.1, 0.15) is 32.1 Å². The maximum atomic E-state index is 12.3. The van der Waals surface area contributed by atoms with Crippen LogP contribution in [0.15, 0.2) is 18.2 Å². The van der Waals surface area contributed by atoms with Crippen LogP contribution in [0.25, 0.3) is 0 Å². The monoisotopic (exact) mass is 396 g/mol. The summed E-state index contributed by atoms with van der Waals surface area (Å²) in [5, 5.41) is 15.6. The topological polar surface area (TPSA) is 85.2 Å². The number of benzene rings is 1. The van der Waals surface area contributed by atoms with Crippen LogP contribution in [-0.2, 0) is 9.59 Å². The van der Waals surface area contributed by atoms with Crippen LogP contribution in [0, 0.1) is 11.3 Å². The van der Waals surface area contributed by atoms with Gasteiger partial charge in [0, 0.05) is 0 Å². The number of carbonyl (C=O) groups excluding carboxylic acids is 2. The fourth-order valence-corrected chi connectivity index (χ4v) is 3.56. The normalized spacial score (nSPS) is 16.0. The lowest BCUT2D eigenvalue weighted by Gasteiger charge is -2.32. The molecule has 1 aliphatic carbocycles. The van der Waals surface area contributed by atoms with E-state index >= 15 is 0 Å². The minimum atomic E-state index is -0.774. The second-order valence-corrected chi connectivity index (χ2v) is 7.43. The minimum absolute atomic E-state index is 0.00543. The van der Waals surface area contributed by atoms with E-state index in [4.69, 9.17) is 23.2 Å². The van der Waals surface area contributed by atoms with E-state index in [-0.39, 0.29) is 24.9 Å². The summed E-state index contributed by atoms with van der Waals surface area (Å²) in [5.41, 5.74) is -0.423. The highest BCUT2D eigenvalue weighted by Gasteiger charge is 2.33. The first-order chi connectivity index (χ1) is 12.3. The highest BCUT2D eigenvalue weighted by atomic mass is 35.5. The van der Waals surface area contributed by atoms with Crippen molar-refractivity contribution in [1.82, 2.24) is 10.2 Å². The van der Waals surface area contributed by atoms with Crippen molar-refractivity contribution in [2.24, 2.45) is 0 Å². The average molecular weight is 397 g/mol. The molecule has 0 saturated heterocycles. The maximum Gasteiger partial charge on any atom is 0.238 e. The number of halogens is 2. The van der Waals surface area contributed by atoms with E-state index in [1.807, 2.05) is 0 Å². The summed E-state index contributed by atoms with van der Waals surface area (Å²) in [6.07, 6.45) is 4.30. The van der Waals surface area contributed by atoms with E-state index in [1.54, 1.807) is 30.1 Å². The lowest BCUT2D eigenvalue weighted by atomic mass is 9.83. The Kier molecular flexibility index (Phi) is 7.27. The number of hydrogen-bond acceptors (Lipinski definition) is 4. The van der Waals surface area contributed by atoms with Gasteiger partial charge in [0.25, 0.3) is 0 Å². The van der Waals surface area contributed by atoms with E-state index in [0.29, 0.717) is 28.6 Å². The van der Waals surface area contributed by atoms with Crippen molar-refractivity contribution in [3.8, 4) is 6.07 Å². The molecule has 2 N–H and O–H groups in total. The fraction of sp³-hybridized carbons (Fsp3) is 0.500. The molecule has 0 unspecified atom stereocenters. The third-order valence-electron chi connectivity index (χ3n) is 4.35. The molecule has 0 heterocycles. The fourth-order valence-electron chi connectivity index (χ4n) is 3.07. The molecular formula is C18H22Cl2N4O2. The molecule has 6 nitrogen and oxygen atoms in total. The van der Waals surface area contributed by atoms with Crippen molar-refractivity contribution in [2.45, 2.75) is 37.6 Å². The number of nitrogens with one attached hydrogen (secondary N) is 2. The van der Waals surface area contributed by atoms with Gasteiger partial charge in [-0.25, -0.2) is 0 Å². The van der Waals surface area contributed by atoms with Crippen molar-refractivity contribution >= 4 is 40.7 Å². The minimum Gasteiger partial charge on any atom is -0.337 e. The number of anilines is 1. The van der Waals surface area contributed by atoms with E-state index < -0.39 is 5.54 Å². The number of nitriles is 1. The zero-order chi connectivity index (χ0) is 19.2. The Hall–Kier alpha value is -1.81. The van der Waals surface area contributed by atoms with E-state index in [9.17, 15) is 14.9 Å². The Bertz CT molecular complexity index is 691. The van der Waals surface area contributed by atoms with Gasteiger partial charge in [-0.3, -0.25) is 14.5 Å². The molecular weight excluding hydrogens is 375 g/mol. The molecule has 0 aromatic heterocycles. The Morgan fingerprint density at radius 1 is 1.15 bits per heavy atom. The van der Waals surface area contributed by atoms with Gasteiger partial charge in [-0.2, -0.15) is 5.26 Å². The number of nitrogens with zero attached hydrogens (tertiary/aromatic N) is 2. The molecule has 0 bridgehead atoms. The molecule has 0 aliphatic heterocycles. The zero-order valence-electron chi connectivity index (χ0n) is 14.6. The van der Waals surface area contributed by atoms with E-state index in [1.165, 1.54) is 0 Å². The summed E-state index contributed by atoms with van der Waals surface area (Å²) < 4.78 is 0. The van der Waals surface area contributed by atoms with Crippen LogP contribution in [-0.4, -0.2) is 42.4 Å². The molecule has 8 heteroatoms. The Balaban J connectivity index is 1.85. The second kappa shape index (κ2) is 9.22. The highest BCUT2D eigenvalue weighted by Crippen LogP contribution is 2.30. The molecule has 140 valence electrons. The van der Waals surface area contributed by atoms with Crippen LogP contribution >= 0.6 is 23.2 Å². The lowest BCUT2D eigenvalue weighted by Crippen LogP contribution is -2.51. The van der Waals surface area contributed by atoms with Crippen molar-refractivity contribution in [1.29, 1.82) is 5.26 Å². The van der Waals surface area contributed by atoms with E-state index in [2.05, 4.69) is 16.7 Å². The second-order valence-electron chi connectivity index (χ2n) is 6.62. The van der Waals surface area contributed by atoms with Gasteiger partial charge in [-0.15, -0.1) is 0 Å². The Morgan fingerprint density at radius 3 is 2.31 bits per heavy atom. The predicted molar refractivity (Wildman–Crippen MR) is 102 cm³/mol. The van der Waals surface area contributed by atoms with Crippen molar-refractivity contribution in [2.75, 3.05) is 25.5 Å². The smallest absolute Gasteiger partial charge is 0.238 e. The van der Waals surface area contributed by atoms with Crippen LogP contribution < -0.4 is 10.6 Å². The van der Waals surface area contributed by atoms with Crippen LogP contribution in [0.3, 0.4) is 0 Å². The highest BCUT2D eigenvalue weighted by molar-refractivity contribution is 6.39. The SMILES string of the molecule is CN(CC(=O)Nc1c(Cl)cccc1Cl)CC(=O)NC1(C#N)CCCCC1. The molecule has 1 aromatic rings. The number of rotatable bonds is 6. The Labute approximate surface area is 163 Å². The summed E-state index contributed by atoms with van der Waals surface area (Å²) in [5.74, 6) is -0.595. The van der Waals surface area contributed by atoms with Gasteiger partial charge in [0.2, 0.25) is 11.8 Å². The maximum absolute atomic E-state index is 12.3. The summed E-state index contributed by atoms with van der Waals surface area (Å²) in [6, 6.07) is 7.20. The lowest BCUT2D eigenvalue weighted by molar-refractivity contribution is -0.124. The standard InChI is InChI=1S/C18H22Cl2N4O2/c1-24(10-15(25)22-17-13(19)6-5-7-14(17)20)11-16(26)23-18(12-21)8-3-2-4-9-18/h5-7H,2-4,8-11H2,1H3,(H,22,25)(H,23,26). The molecule has 0 atom stereocenters. The zero-order valence-corrected chi connectivity index (χ0v) is 16.2. The summed E-state index contributed by atoms with van der Waals surface area (Å²) >= 11 is 12.1. The van der Waals surface area contributed by atoms with Crippen LogP contribution in [0.2, 0.25) is 10.0 Å². The predicted octanol–water partition coefficient (Wildman–Crippen LogP) is 3.21. The molecule has 1 fully saturated rings. The van der Waals surface area contributed by atoms with Crippen molar-refractivity contribution < 1.29 is 9.59 Å². The van der Waals surface area contributed by atoms with Gasteiger partial charge >= 0.3 is 0 Å². The van der Waals surface area contributed by atoms with Crippen molar-refractivity contribution in [3.05, 3.63) is 28.2 Å². The summed E-state index contributed by atoms with van der Waals surface area (Å²) in [4.78, 5) is 26.0. The molecule has 26 heavy (non-hydrogen) atoms. The summed E-state index contributed by atoms with van der Waals surface area (Å²) in [7, 11) is 1.66. The first kappa shape index (κ1) is 20.5. The van der Waals surface area contributed by atoms with Gasteiger partial charge in [0.15, 0.2) is 0 Å². The van der Waals surface area contributed by atoms with Crippen molar-refractivity contribution in [3.63, 3.8) is 0 Å². The average Bonchev–Trinajstić information content (AvgIpc) is 2.58. The van der Waals surface area contributed by atoms with Gasteiger partial charge in [-0.05, 0) is 32.0 Å². The third-order valence-corrected chi connectivity index (χ3v) is 4.98. The number of likely N-dealkylation sites (N-methyl/N-ethyl adjacent to an activating group) is 1. The molecule has 0 radical (unpaired) electrons. The molecule has 0 spiro atoms. The Morgan fingerprint density at radius 2 is 1.73 bits per heavy atom. The third kappa shape index (κ3) is 5.60. The molecule has 1 aromatic carbocycles. The molecule has 1 aliphatic rings. The van der Waals surface area contributed by atoms with Crippen LogP contribution in [0.5, 0.6) is 0 Å². The van der Waals surface area contributed by atoms with Gasteiger partial charge in [-0.1, -0.05) is 48.5 Å². The molecule has 2 rings (SSSR count). The first-order valence-corrected chi connectivity index (χ1v) is 9.25. The number of hydrogen-bond donors (Lipinski definition) is 2. The molecule has 2 amide bonds. The summed E-state index contributed by atoms with van der Waals surface area (Å²) in [6.45, 7) is 0.0155. The van der Waals surface area contributed by atoms with Gasteiger partial charge in [0.05, 0.1) is 34.9 Å². The van der Waals surface area contributed by atoms with Gasteiger partial charge < -0.3 is 10.6 Å². The number of carbonyl (C=O) groups is 2. The first-order valence-electron chi connectivity index (χ1n) is 8.50. The number of para-hydroxylation sites is 1. The van der Waals surface area contributed by atoms with Gasteiger partial charge in [0.1, 0.15) is 5.54 Å². The quantitative estimate of drug-likeness (QED) is 0.772. The molecule has 1 saturated carbocycles.